The first-order chi connectivity index (χ1) is 15.6. The molecule has 1 N–H and O–H groups in total. The molecule has 1 amide bonds. The van der Waals surface area contributed by atoms with Gasteiger partial charge in [-0.25, -0.2) is 5.01 Å². The minimum atomic E-state index is -1.21. The van der Waals surface area contributed by atoms with E-state index in [1.165, 1.54) is 0 Å². The lowest BCUT2D eigenvalue weighted by molar-refractivity contribution is -0.0949. The lowest BCUT2D eigenvalue weighted by Crippen LogP contribution is -2.61. The molecule has 0 radical (unpaired) electrons. The molecule has 1 fully saturated rings. The highest BCUT2D eigenvalue weighted by Crippen LogP contribution is 2.53. The third-order valence-electron chi connectivity index (χ3n) is 5.72. The first-order valence-electron chi connectivity index (χ1n) is 10.2. The molecule has 2 atom stereocenters. The molecule has 8 heteroatoms. The first kappa shape index (κ1) is 19.6. The van der Waals surface area contributed by atoms with Gasteiger partial charge in [-0.3, -0.25) is 15.1 Å². The van der Waals surface area contributed by atoms with Gasteiger partial charge in [0, 0.05) is 28.9 Å². The fourth-order valence-electron chi connectivity index (χ4n) is 4.31. The number of rotatable bonds is 2. The van der Waals surface area contributed by atoms with E-state index in [0.717, 1.165) is 49.3 Å². The molecule has 3 aliphatic heterocycles. The molecule has 0 saturated carbocycles. The first-order valence-corrected chi connectivity index (χ1v) is 11.8. The van der Waals surface area contributed by atoms with E-state index in [0.29, 0.717) is 6.42 Å². The van der Waals surface area contributed by atoms with E-state index >= 15 is 0 Å². The van der Waals surface area contributed by atoms with E-state index in [4.69, 9.17) is 9.84 Å². The topological polar surface area (TPSA) is 66.8 Å². The van der Waals surface area contributed by atoms with Gasteiger partial charge in [0.1, 0.15) is 5.75 Å². The highest BCUT2D eigenvalue weighted by atomic mass is 79.9. The third kappa shape index (κ3) is 3.13. The van der Waals surface area contributed by atoms with Crippen molar-refractivity contribution >= 4 is 44.7 Å². The van der Waals surface area contributed by atoms with Gasteiger partial charge in [-0.15, -0.1) is 0 Å². The summed E-state index contributed by atoms with van der Waals surface area (Å²) in [5.74, 6) is -0.474. The maximum atomic E-state index is 12.7. The SMILES string of the molecule is O=C1NC2(Oc3ccc(Br)cc3C3CC(c4ccccc4)=NN32)/C(=C/c2cccnc2)S1. The minimum Gasteiger partial charge on any atom is -0.444 e. The van der Waals surface area contributed by atoms with Crippen molar-refractivity contribution in [2.45, 2.75) is 18.3 Å². The van der Waals surface area contributed by atoms with E-state index in [1.807, 2.05) is 53.5 Å². The molecule has 3 aromatic rings. The summed E-state index contributed by atoms with van der Waals surface area (Å²) in [6.45, 7) is 0. The number of hydrazone groups is 1. The van der Waals surface area contributed by atoms with Crippen LogP contribution in [0.5, 0.6) is 5.75 Å². The van der Waals surface area contributed by atoms with E-state index in [1.54, 1.807) is 12.4 Å². The van der Waals surface area contributed by atoms with Crippen molar-refractivity contribution in [2.75, 3.05) is 0 Å². The summed E-state index contributed by atoms with van der Waals surface area (Å²) in [6, 6.07) is 19.8. The van der Waals surface area contributed by atoms with Crippen molar-refractivity contribution < 1.29 is 9.53 Å². The van der Waals surface area contributed by atoms with Crippen molar-refractivity contribution in [1.82, 2.24) is 15.3 Å². The van der Waals surface area contributed by atoms with Crippen molar-refractivity contribution in [3.63, 3.8) is 0 Å². The molecule has 1 spiro atoms. The summed E-state index contributed by atoms with van der Waals surface area (Å²) in [5.41, 5.74) is 3.94. The number of hydrogen-bond donors (Lipinski definition) is 1. The third-order valence-corrected chi connectivity index (χ3v) is 7.11. The monoisotopic (exact) mass is 504 g/mol. The van der Waals surface area contributed by atoms with Gasteiger partial charge in [0.2, 0.25) is 0 Å². The summed E-state index contributed by atoms with van der Waals surface area (Å²) in [6.07, 6.45) is 6.13. The summed E-state index contributed by atoms with van der Waals surface area (Å²) in [5, 5.41) is 9.78. The number of pyridine rings is 1. The van der Waals surface area contributed by atoms with Gasteiger partial charge in [-0.1, -0.05) is 52.3 Å². The van der Waals surface area contributed by atoms with Crippen LogP contribution in [0.1, 0.15) is 29.2 Å². The number of carbonyl (C=O) groups excluding carboxylic acids is 1. The number of amides is 1. The van der Waals surface area contributed by atoms with Crippen LogP contribution in [0.3, 0.4) is 0 Å². The van der Waals surface area contributed by atoms with Crippen LogP contribution < -0.4 is 10.1 Å². The number of halogens is 1. The molecule has 1 aromatic heterocycles. The zero-order valence-corrected chi connectivity index (χ0v) is 19.1. The van der Waals surface area contributed by atoms with Crippen LogP contribution >= 0.6 is 27.7 Å². The Morgan fingerprint density at radius 3 is 2.88 bits per heavy atom. The van der Waals surface area contributed by atoms with Crippen LogP contribution in [0.2, 0.25) is 0 Å². The van der Waals surface area contributed by atoms with Crippen LogP contribution in [0, 0.1) is 0 Å². The largest absolute Gasteiger partial charge is 0.444 e. The Hall–Kier alpha value is -3.10. The zero-order valence-electron chi connectivity index (χ0n) is 16.7. The Morgan fingerprint density at radius 2 is 2.06 bits per heavy atom. The highest BCUT2D eigenvalue weighted by Gasteiger charge is 2.58. The Balaban J connectivity index is 1.53. The lowest BCUT2D eigenvalue weighted by Gasteiger charge is -2.45. The number of nitrogens with zero attached hydrogens (tertiary/aromatic N) is 3. The Labute approximate surface area is 197 Å². The molecule has 32 heavy (non-hydrogen) atoms. The highest BCUT2D eigenvalue weighted by molar-refractivity contribution is 9.10. The van der Waals surface area contributed by atoms with Crippen molar-refractivity contribution in [2.24, 2.45) is 5.10 Å². The summed E-state index contributed by atoms with van der Waals surface area (Å²) >= 11 is 4.71. The second-order valence-electron chi connectivity index (χ2n) is 7.71. The molecule has 1 saturated heterocycles. The van der Waals surface area contributed by atoms with Gasteiger partial charge in [0.25, 0.3) is 5.24 Å². The van der Waals surface area contributed by atoms with Crippen molar-refractivity contribution in [3.05, 3.63) is 99.1 Å². The second-order valence-corrected chi connectivity index (χ2v) is 9.65. The number of thioether (sulfide) groups is 1. The molecule has 2 aromatic carbocycles. The average Bonchev–Trinajstić information content (AvgIpc) is 3.39. The van der Waals surface area contributed by atoms with Crippen molar-refractivity contribution in [1.29, 1.82) is 0 Å². The van der Waals surface area contributed by atoms with Crippen LogP contribution in [0.25, 0.3) is 6.08 Å². The molecular weight excluding hydrogens is 488 g/mol. The quantitative estimate of drug-likeness (QED) is 0.496. The number of fused-ring (bicyclic) bond motifs is 4. The maximum Gasteiger partial charge on any atom is 0.314 e. The van der Waals surface area contributed by atoms with E-state index in [-0.39, 0.29) is 11.3 Å². The molecule has 6 nitrogen and oxygen atoms in total. The van der Waals surface area contributed by atoms with Gasteiger partial charge < -0.3 is 4.74 Å². The van der Waals surface area contributed by atoms with Crippen LogP contribution in [0.4, 0.5) is 4.79 Å². The van der Waals surface area contributed by atoms with Crippen LogP contribution in [0.15, 0.2) is 87.5 Å². The lowest BCUT2D eigenvalue weighted by atomic mass is 9.95. The van der Waals surface area contributed by atoms with Gasteiger partial charge in [-0.2, -0.15) is 5.10 Å². The van der Waals surface area contributed by atoms with E-state index < -0.39 is 5.85 Å². The molecule has 4 heterocycles. The fourth-order valence-corrected chi connectivity index (χ4v) is 5.59. The predicted molar refractivity (Wildman–Crippen MR) is 128 cm³/mol. The standard InChI is InChI=1S/C24H17BrN4O2S/c25-17-8-9-21-18(12-17)20-13-19(16-6-2-1-3-7-16)28-29(20)24(31-21)22(32-23(30)27-24)11-15-5-4-10-26-14-15/h1-12,14,20H,13H2,(H,27,30)/b22-11-. The number of carbonyl (C=O) groups is 1. The molecular formula is C24H17BrN4O2S. The summed E-state index contributed by atoms with van der Waals surface area (Å²) in [7, 11) is 0. The number of ether oxygens (including phenoxy) is 1. The molecule has 6 rings (SSSR count). The van der Waals surface area contributed by atoms with Gasteiger partial charge >= 0.3 is 5.85 Å². The molecule has 158 valence electrons. The summed E-state index contributed by atoms with van der Waals surface area (Å²) in [4.78, 5) is 17.6. The van der Waals surface area contributed by atoms with E-state index in [2.05, 4.69) is 44.4 Å². The smallest absolute Gasteiger partial charge is 0.314 e. The van der Waals surface area contributed by atoms with Crippen LogP contribution in [-0.2, 0) is 0 Å². The van der Waals surface area contributed by atoms with Crippen molar-refractivity contribution in [3.8, 4) is 5.75 Å². The number of hydrogen-bond acceptors (Lipinski definition) is 6. The molecule has 3 aliphatic rings. The summed E-state index contributed by atoms with van der Waals surface area (Å²) < 4.78 is 7.52. The number of benzene rings is 2. The fraction of sp³-hybridized carbons (Fsp3) is 0.125. The second kappa shape index (κ2) is 7.50. The van der Waals surface area contributed by atoms with Crippen LogP contribution in [-0.4, -0.2) is 26.8 Å². The predicted octanol–water partition coefficient (Wildman–Crippen LogP) is 5.54. The average molecular weight is 505 g/mol. The maximum absolute atomic E-state index is 12.7. The normalized spacial score (nSPS) is 24.7. The Kier molecular flexibility index (Phi) is 4.58. The van der Waals surface area contributed by atoms with E-state index in [9.17, 15) is 4.79 Å². The molecule has 0 bridgehead atoms. The number of nitrogens with one attached hydrogen (secondary N) is 1. The molecule has 2 unspecified atom stereocenters. The minimum absolute atomic E-state index is 0.0808. The van der Waals surface area contributed by atoms with Gasteiger partial charge in [0.05, 0.1) is 16.7 Å². The zero-order chi connectivity index (χ0) is 21.7. The Bertz CT molecular complexity index is 1280. The number of aromatic nitrogens is 1. The van der Waals surface area contributed by atoms with Gasteiger partial charge in [0.15, 0.2) is 0 Å². The Morgan fingerprint density at radius 1 is 1.19 bits per heavy atom. The molecule has 0 aliphatic carbocycles. The van der Waals surface area contributed by atoms with Gasteiger partial charge in [-0.05, 0) is 53.2 Å².